The highest BCUT2D eigenvalue weighted by atomic mass is 16.5. The van der Waals surface area contributed by atoms with Gasteiger partial charge in [-0.25, -0.2) is 0 Å². The van der Waals surface area contributed by atoms with Crippen LogP contribution in [-0.2, 0) is 16.1 Å². The zero-order chi connectivity index (χ0) is 13.1. The third-order valence-electron chi connectivity index (χ3n) is 3.34. The molecule has 0 radical (unpaired) electrons. The molecule has 2 heterocycles. The Balaban J connectivity index is 2.11. The van der Waals surface area contributed by atoms with Gasteiger partial charge in [-0.3, -0.25) is 9.78 Å². The standard InChI is InChI=1S/C14H19NO3/c1-3-4-5-11(16)6-12-13-10(8-18-12)7-15-9(2)14(13)17/h7,12,17H,3-6,8H2,1-2H3. The number of aryl methyl sites for hydroxylation is 1. The lowest BCUT2D eigenvalue weighted by Crippen LogP contribution is -2.06. The summed E-state index contributed by atoms with van der Waals surface area (Å²) in [5, 5.41) is 10.0. The third-order valence-corrected chi connectivity index (χ3v) is 3.34. The minimum Gasteiger partial charge on any atom is -0.506 e. The molecule has 98 valence electrons. The lowest BCUT2D eigenvalue weighted by Gasteiger charge is -2.12. The summed E-state index contributed by atoms with van der Waals surface area (Å²) in [6.45, 7) is 4.25. The van der Waals surface area contributed by atoms with Crippen molar-refractivity contribution in [1.82, 2.24) is 4.98 Å². The van der Waals surface area contributed by atoms with E-state index in [1.54, 1.807) is 13.1 Å². The van der Waals surface area contributed by atoms with E-state index in [9.17, 15) is 9.90 Å². The lowest BCUT2D eigenvalue weighted by molar-refractivity contribution is -0.122. The second-order valence-corrected chi connectivity index (χ2v) is 4.78. The molecular formula is C14H19NO3. The van der Waals surface area contributed by atoms with E-state index in [1.807, 2.05) is 0 Å². The maximum absolute atomic E-state index is 11.8. The molecule has 0 fully saturated rings. The zero-order valence-electron chi connectivity index (χ0n) is 10.9. The fourth-order valence-corrected chi connectivity index (χ4v) is 2.24. The summed E-state index contributed by atoms with van der Waals surface area (Å²) in [6.07, 6.45) is 4.30. The number of pyridine rings is 1. The minimum atomic E-state index is -0.300. The second kappa shape index (κ2) is 5.48. The number of aromatic hydroxyl groups is 1. The maximum atomic E-state index is 11.8. The van der Waals surface area contributed by atoms with E-state index in [1.165, 1.54) is 0 Å². The molecule has 1 aromatic rings. The van der Waals surface area contributed by atoms with Crippen LogP contribution < -0.4 is 0 Å². The van der Waals surface area contributed by atoms with Crippen molar-refractivity contribution in [1.29, 1.82) is 0 Å². The summed E-state index contributed by atoms with van der Waals surface area (Å²) in [5.74, 6) is 0.377. The number of ketones is 1. The molecule has 0 spiro atoms. The van der Waals surface area contributed by atoms with Crippen molar-refractivity contribution in [2.24, 2.45) is 0 Å². The molecular weight excluding hydrogens is 230 g/mol. The van der Waals surface area contributed by atoms with Crippen molar-refractivity contribution in [3.63, 3.8) is 0 Å². The number of ether oxygens (including phenoxy) is 1. The van der Waals surface area contributed by atoms with Crippen LogP contribution in [0.2, 0.25) is 0 Å². The van der Waals surface area contributed by atoms with Crippen LogP contribution >= 0.6 is 0 Å². The molecule has 18 heavy (non-hydrogen) atoms. The van der Waals surface area contributed by atoms with Crippen LogP contribution in [-0.4, -0.2) is 15.9 Å². The van der Waals surface area contributed by atoms with Gasteiger partial charge < -0.3 is 9.84 Å². The number of aromatic nitrogens is 1. The van der Waals surface area contributed by atoms with E-state index < -0.39 is 0 Å². The molecule has 4 heteroatoms. The van der Waals surface area contributed by atoms with Gasteiger partial charge in [0.2, 0.25) is 0 Å². The first-order valence-corrected chi connectivity index (χ1v) is 6.44. The van der Waals surface area contributed by atoms with Crippen molar-refractivity contribution in [3.8, 4) is 5.75 Å². The van der Waals surface area contributed by atoms with E-state index in [0.717, 1.165) is 24.0 Å². The summed E-state index contributed by atoms with van der Waals surface area (Å²) in [4.78, 5) is 15.9. The number of rotatable bonds is 5. The molecule has 4 nitrogen and oxygen atoms in total. The van der Waals surface area contributed by atoms with Crippen LogP contribution in [0.4, 0.5) is 0 Å². The Hall–Kier alpha value is -1.42. The summed E-state index contributed by atoms with van der Waals surface area (Å²) in [6, 6.07) is 0. The maximum Gasteiger partial charge on any atom is 0.142 e. The Kier molecular flexibility index (Phi) is 3.97. The van der Waals surface area contributed by atoms with Gasteiger partial charge in [-0.05, 0) is 13.3 Å². The van der Waals surface area contributed by atoms with Gasteiger partial charge in [-0.2, -0.15) is 0 Å². The largest absolute Gasteiger partial charge is 0.506 e. The Morgan fingerprint density at radius 3 is 3.11 bits per heavy atom. The topological polar surface area (TPSA) is 59.4 Å². The van der Waals surface area contributed by atoms with E-state index in [4.69, 9.17) is 4.74 Å². The first-order chi connectivity index (χ1) is 8.63. The number of Topliss-reactive ketones (excluding diaryl/α,β-unsaturated/α-hetero) is 1. The van der Waals surface area contributed by atoms with Crippen molar-refractivity contribution in [2.45, 2.75) is 52.2 Å². The lowest BCUT2D eigenvalue weighted by atomic mass is 9.99. The van der Waals surface area contributed by atoms with Crippen LogP contribution in [0.1, 0.15) is 55.5 Å². The average Bonchev–Trinajstić information content (AvgIpc) is 2.75. The third kappa shape index (κ3) is 2.53. The predicted molar refractivity (Wildman–Crippen MR) is 67.3 cm³/mol. The molecule has 0 aliphatic carbocycles. The van der Waals surface area contributed by atoms with Gasteiger partial charge >= 0.3 is 0 Å². The predicted octanol–water partition coefficient (Wildman–Crippen LogP) is 2.82. The molecule has 0 saturated heterocycles. The number of carbonyl (C=O) groups is 1. The van der Waals surface area contributed by atoms with Crippen LogP contribution in [0.3, 0.4) is 0 Å². The molecule has 0 bridgehead atoms. The number of hydrogen-bond donors (Lipinski definition) is 1. The molecule has 1 N–H and O–H groups in total. The van der Waals surface area contributed by atoms with E-state index >= 15 is 0 Å². The van der Waals surface area contributed by atoms with Crippen molar-refractivity contribution >= 4 is 5.78 Å². The molecule has 1 aliphatic rings. The van der Waals surface area contributed by atoms with Crippen molar-refractivity contribution < 1.29 is 14.6 Å². The Bertz CT molecular complexity index is 457. The van der Waals surface area contributed by atoms with Crippen LogP contribution in [0.25, 0.3) is 0 Å². The summed E-state index contributed by atoms with van der Waals surface area (Å²) >= 11 is 0. The first-order valence-electron chi connectivity index (χ1n) is 6.44. The summed E-state index contributed by atoms with van der Waals surface area (Å²) in [5.41, 5.74) is 2.24. The SMILES string of the molecule is CCCCC(=O)CC1OCc2cnc(C)c(O)c21. The molecule has 1 aromatic heterocycles. The van der Waals surface area contributed by atoms with Gasteiger partial charge in [0.15, 0.2) is 0 Å². The van der Waals surface area contributed by atoms with E-state index in [-0.39, 0.29) is 17.6 Å². The number of hydrogen-bond acceptors (Lipinski definition) is 4. The van der Waals surface area contributed by atoms with Gasteiger partial charge in [-0.15, -0.1) is 0 Å². The van der Waals surface area contributed by atoms with Gasteiger partial charge in [-0.1, -0.05) is 13.3 Å². The van der Waals surface area contributed by atoms with Crippen LogP contribution in [0, 0.1) is 6.92 Å². The van der Waals surface area contributed by atoms with E-state index in [2.05, 4.69) is 11.9 Å². The highest BCUT2D eigenvalue weighted by Gasteiger charge is 2.29. The van der Waals surface area contributed by atoms with Crippen LogP contribution in [0.5, 0.6) is 5.75 Å². The average molecular weight is 249 g/mol. The second-order valence-electron chi connectivity index (χ2n) is 4.78. The van der Waals surface area contributed by atoms with Crippen molar-refractivity contribution in [3.05, 3.63) is 23.0 Å². The molecule has 0 amide bonds. The monoisotopic (exact) mass is 249 g/mol. The molecule has 1 unspecified atom stereocenters. The van der Waals surface area contributed by atoms with E-state index in [0.29, 0.717) is 25.1 Å². The smallest absolute Gasteiger partial charge is 0.142 e. The number of fused-ring (bicyclic) bond motifs is 1. The molecule has 0 saturated carbocycles. The number of nitrogens with zero attached hydrogens (tertiary/aromatic N) is 1. The fraction of sp³-hybridized carbons (Fsp3) is 0.571. The van der Waals surface area contributed by atoms with Crippen LogP contribution in [0.15, 0.2) is 6.20 Å². The number of carbonyl (C=O) groups excluding carboxylic acids is 1. The number of unbranched alkanes of at least 4 members (excludes halogenated alkanes) is 1. The fourth-order valence-electron chi connectivity index (χ4n) is 2.24. The molecule has 1 atom stereocenters. The quantitative estimate of drug-likeness (QED) is 0.871. The molecule has 0 aromatic carbocycles. The minimum absolute atomic E-state index is 0.179. The molecule has 2 rings (SSSR count). The van der Waals surface area contributed by atoms with Crippen molar-refractivity contribution in [2.75, 3.05) is 0 Å². The molecule has 1 aliphatic heterocycles. The highest BCUT2D eigenvalue weighted by molar-refractivity contribution is 5.79. The van der Waals surface area contributed by atoms with Gasteiger partial charge in [0.25, 0.3) is 0 Å². The Labute approximate surface area is 107 Å². The summed E-state index contributed by atoms with van der Waals surface area (Å²) < 4.78 is 5.59. The normalized spacial score (nSPS) is 17.8. The highest BCUT2D eigenvalue weighted by Crippen LogP contribution is 2.39. The van der Waals surface area contributed by atoms with Gasteiger partial charge in [0.1, 0.15) is 11.5 Å². The Morgan fingerprint density at radius 2 is 2.39 bits per heavy atom. The van der Waals surface area contributed by atoms with Gasteiger partial charge in [0.05, 0.1) is 18.4 Å². The Morgan fingerprint density at radius 1 is 1.61 bits per heavy atom. The first kappa shape index (κ1) is 13.0. The zero-order valence-corrected chi connectivity index (χ0v) is 10.9. The van der Waals surface area contributed by atoms with Gasteiger partial charge in [0, 0.05) is 30.2 Å². The summed E-state index contributed by atoms with van der Waals surface area (Å²) in [7, 11) is 0.